The summed E-state index contributed by atoms with van der Waals surface area (Å²) in [6, 6.07) is 6.04. The summed E-state index contributed by atoms with van der Waals surface area (Å²) in [6.07, 6.45) is 1.90. The molecular weight excluding hydrogens is 519 g/mol. The maximum absolute atomic E-state index is 10.9. The summed E-state index contributed by atoms with van der Waals surface area (Å²) < 4.78 is 5.57. The Bertz CT molecular complexity index is 873. The van der Waals surface area contributed by atoms with Crippen LogP contribution in [0.15, 0.2) is 33.8 Å². The molecule has 0 aliphatic carbocycles. The molecule has 1 atom stereocenters. The lowest BCUT2D eigenvalue weighted by atomic mass is 9.96. The van der Waals surface area contributed by atoms with Crippen LogP contribution in [0.5, 0.6) is 0 Å². The van der Waals surface area contributed by atoms with E-state index < -0.39 is 5.60 Å². The molecule has 1 aliphatic rings. The smallest absolute Gasteiger partial charge is 0.191 e. The number of pyridine rings is 1. The number of aliphatic hydroxyl groups is 1. The third-order valence-corrected chi connectivity index (χ3v) is 5.62. The van der Waals surface area contributed by atoms with Crippen LogP contribution in [0.4, 0.5) is 5.82 Å². The number of aryl methyl sites for hydroxylation is 2. The standard InChI is InChI=1S/C23H36N6O2.HI/c1-6-24-22(27-16-23(4,30)20-13-17(2)31-18(20)3)26-15-19-7-8-21(25-14-19)29-11-9-28(5)10-12-29;/h7-8,13-14,30H,6,9-12,15-16H2,1-5H3,(H2,24,26,27);1H. The Balaban J connectivity index is 0.00000363. The minimum absolute atomic E-state index is 0. The zero-order chi connectivity index (χ0) is 22.4. The van der Waals surface area contributed by atoms with Gasteiger partial charge < -0.3 is 30.0 Å². The topological polar surface area (TPSA) is 89.2 Å². The first-order chi connectivity index (χ1) is 14.8. The van der Waals surface area contributed by atoms with Gasteiger partial charge in [0.05, 0.1) is 13.1 Å². The molecule has 178 valence electrons. The first kappa shape index (κ1) is 26.4. The van der Waals surface area contributed by atoms with Gasteiger partial charge in [-0.1, -0.05) is 6.07 Å². The number of aromatic nitrogens is 1. The zero-order valence-electron chi connectivity index (χ0n) is 19.8. The van der Waals surface area contributed by atoms with Crippen molar-refractivity contribution in [3.8, 4) is 0 Å². The van der Waals surface area contributed by atoms with Gasteiger partial charge in [-0.2, -0.15) is 0 Å². The van der Waals surface area contributed by atoms with E-state index in [2.05, 4.69) is 49.6 Å². The maximum atomic E-state index is 10.9. The van der Waals surface area contributed by atoms with Crippen LogP contribution in [0.3, 0.4) is 0 Å². The Labute approximate surface area is 208 Å². The Kier molecular flexibility index (Phi) is 9.78. The van der Waals surface area contributed by atoms with Crippen molar-refractivity contribution in [1.82, 2.24) is 20.5 Å². The number of guanidine groups is 1. The van der Waals surface area contributed by atoms with Gasteiger partial charge in [0.1, 0.15) is 22.9 Å². The van der Waals surface area contributed by atoms with Gasteiger partial charge in [-0.15, -0.1) is 24.0 Å². The van der Waals surface area contributed by atoms with E-state index in [1.807, 2.05) is 33.0 Å². The minimum Gasteiger partial charge on any atom is -0.466 e. The number of hydrogen-bond donors (Lipinski definition) is 3. The van der Waals surface area contributed by atoms with Crippen molar-refractivity contribution in [1.29, 1.82) is 0 Å². The molecule has 2 aromatic rings. The quantitative estimate of drug-likeness (QED) is 0.275. The van der Waals surface area contributed by atoms with E-state index in [1.165, 1.54) is 0 Å². The fourth-order valence-electron chi connectivity index (χ4n) is 3.76. The second-order valence-electron chi connectivity index (χ2n) is 8.46. The van der Waals surface area contributed by atoms with Crippen molar-refractivity contribution >= 4 is 35.8 Å². The summed E-state index contributed by atoms with van der Waals surface area (Å²) in [5, 5.41) is 17.4. The molecule has 1 fully saturated rings. The SMILES string of the molecule is CCNC(=NCc1ccc(N2CCN(C)CC2)nc1)NCC(C)(O)c1cc(C)oc1C.I. The fraction of sp³-hybridized carbons (Fsp3) is 0.565. The normalized spacial score (nSPS) is 16.9. The van der Waals surface area contributed by atoms with Gasteiger partial charge in [-0.3, -0.25) is 0 Å². The minimum atomic E-state index is -1.07. The highest BCUT2D eigenvalue weighted by molar-refractivity contribution is 14.0. The number of halogens is 1. The summed E-state index contributed by atoms with van der Waals surface area (Å²) in [5.41, 5.74) is 0.768. The predicted octanol–water partition coefficient (Wildman–Crippen LogP) is 2.62. The number of furan rings is 1. The summed E-state index contributed by atoms with van der Waals surface area (Å²) in [4.78, 5) is 13.9. The molecule has 1 unspecified atom stereocenters. The van der Waals surface area contributed by atoms with Gasteiger partial charge in [-0.25, -0.2) is 9.98 Å². The van der Waals surface area contributed by atoms with Gasteiger partial charge in [-0.05, 0) is 52.4 Å². The number of rotatable bonds is 7. The van der Waals surface area contributed by atoms with Gasteiger partial charge in [0.25, 0.3) is 0 Å². The lowest BCUT2D eigenvalue weighted by molar-refractivity contribution is 0.0601. The molecule has 0 saturated carbocycles. The molecule has 3 heterocycles. The number of likely N-dealkylation sites (N-methyl/N-ethyl adjacent to an activating group) is 1. The maximum Gasteiger partial charge on any atom is 0.191 e. The van der Waals surface area contributed by atoms with Crippen LogP contribution in [0, 0.1) is 13.8 Å². The van der Waals surface area contributed by atoms with E-state index in [4.69, 9.17) is 4.42 Å². The molecule has 8 nitrogen and oxygen atoms in total. The molecule has 0 bridgehead atoms. The molecule has 2 aromatic heterocycles. The van der Waals surface area contributed by atoms with Crippen LogP contribution >= 0.6 is 24.0 Å². The molecule has 3 N–H and O–H groups in total. The molecular formula is C23H37IN6O2. The molecule has 1 saturated heterocycles. The van der Waals surface area contributed by atoms with Crippen LogP contribution in [-0.4, -0.2) is 67.3 Å². The number of piperazine rings is 1. The summed E-state index contributed by atoms with van der Waals surface area (Å²) in [7, 11) is 2.15. The van der Waals surface area contributed by atoms with Crippen molar-refractivity contribution in [3.05, 3.63) is 47.0 Å². The highest BCUT2D eigenvalue weighted by atomic mass is 127. The zero-order valence-corrected chi connectivity index (χ0v) is 22.1. The van der Waals surface area contributed by atoms with Crippen molar-refractivity contribution < 1.29 is 9.52 Å². The van der Waals surface area contributed by atoms with Crippen molar-refractivity contribution in [2.75, 3.05) is 51.2 Å². The number of aliphatic imine (C=N–C) groups is 1. The van der Waals surface area contributed by atoms with E-state index in [0.29, 0.717) is 19.0 Å². The Hall–Kier alpha value is -1.85. The number of nitrogens with zero attached hydrogens (tertiary/aromatic N) is 4. The molecule has 3 rings (SSSR count). The largest absolute Gasteiger partial charge is 0.466 e. The number of anilines is 1. The molecule has 1 aliphatic heterocycles. The average molecular weight is 556 g/mol. The first-order valence-corrected chi connectivity index (χ1v) is 11.0. The Morgan fingerprint density at radius 2 is 1.94 bits per heavy atom. The second kappa shape index (κ2) is 11.9. The first-order valence-electron chi connectivity index (χ1n) is 11.0. The molecule has 0 amide bonds. The Morgan fingerprint density at radius 1 is 1.22 bits per heavy atom. The van der Waals surface area contributed by atoms with Crippen molar-refractivity contribution in [3.63, 3.8) is 0 Å². The van der Waals surface area contributed by atoms with Gasteiger partial charge in [0.15, 0.2) is 5.96 Å². The molecule has 0 radical (unpaired) electrons. The lowest BCUT2D eigenvalue weighted by Gasteiger charge is -2.33. The summed E-state index contributed by atoms with van der Waals surface area (Å²) in [5.74, 6) is 3.20. The van der Waals surface area contributed by atoms with Crippen LogP contribution in [0.25, 0.3) is 0 Å². The van der Waals surface area contributed by atoms with Crippen LogP contribution in [-0.2, 0) is 12.1 Å². The monoisotopic (exact) mass is 556 g/mol. The summed E-state index contributed by atoms with van der Waals surface area (Å²) >= 11 is 0. The number of nitrogens with one attached hydrogen (secondary N) is 2. The fourth-order valence-corrected chi connectivity index (χ4v) is 3.76. The number of hydrogen-bond acceptors (Lipinski definition) is 6. The Morgan fingerprint density at radius 3 is 2.50 bits per heavy atom. The molecule has 9 heteroatoms. The highest BCUT2D eigenvalue weighted by Gasteiger charge is 2.27. The van der Waals surface area contributed by atoms with Crippen LogP contribution in [0.2, 0.25) is 0 Å². The third kappa shape index (κ3) is 7.08. The van der Waals surface area contributed by atoms with Crippen molar-refractivity contribution in [2.45, 2.75) is 39.8 Å². The predicted molar refractivity (Wildman–Crippen MR) is 140 cm³/mol. The van der Waals surface area contributed by atoms with E-state index in [0.717, 1.165) is 61.2 Å². The third-order valence-electron chi connectivity index (χ3n) is 5.62. The average Bonchev–Trinajstić information content (AvgIpc) is 3.10. The van der Waals surface area contributed by atoms with E-state index in [1.54, 1.807) is 6.92 Å². The van der Waals surface area contributed by atoms with E-state index in [9.17, 15) is 5.11 Å². The second-order valence-corrected chi connectivity index (χ2v) is 8.46. The van der Waals surface area contributed by atoms with E-state index >= 15 is 0 Å². The van der Waals surface area contributed by atoms with E-state index in [-0.39, 0.29) is 24.0 Å². The molecule has 32 heavy (non-hydrogen) atoms. The van der Waals surface area contributed by atoms with Crippen molar-refractivity contribution in [2.24, 2.45) is 4.99 Å². The highest BCUT2D eigenvalue weighted by Crippen LogP contribution is 2.26. The summed E-state index contributed by atoms with van der Waals surface area (Å²) in [6.45, 7) is 13.3. The molecule has 0 spiro atoms. The van der Waals surface area contributed by atoms with Gasteiger partial charge in [0.2, 0.25) is 0 Å². The van der Waals surface area contributed by atoms with Crippen LogP contribution in [0.1, 0.15) is 36.5 Å². The van der Waals surface area contributed by atoms with Gasteiger partial charge in [0, 0.05) is 44.5 Å². The van der Waals surface area contributed by atoms with Crippen LogP contribution < -0.4 is 15.5 Å². The van der Waals surface area contributed by atoms with Gasteiger partial charge >= 0.3 is 0 Å². The lowest BCUT2D eigenvalue weighted by Crippen LogP contribution is -2.44. The molecule has 0 aromatic carbocycles.